The number of hydrogen-bond donors (Lipinski definition) is 0. The van der Waals surface area contributed by atoms with E-state index in [0.29, 0.717) is 0 Å². The van der Waals surface area contributed by atoms with Crippen molar-refractivity contribution in [2.24, 2.45) is 0 Å². The molecule has 0 unspecified atom stereocenters. The van der Waals surface area contributed by atoms with Crippen LogP contribution < -0.4 is 0 Å². The molecule has 92 valence electrons. The van der Waals surface area contributed by atoms with Crippen molar-refractivity contribution in [2.45, 2.75) is 0 Å². The smallest absolute Gasteiger partial charge is 0.418 e. The van der Waals surface area contributed by atoms with E-state index in [1.165, 1.54) is 5.84 Å². The lowest BCUT2D eigenvalue weighted by atomic mass is 10.3. The second-order valence-electron chi connectivity index (χ2n) is 3.13. The summed E-state index contributed by atoms with van der Waals surface area (Å²) in [5.74, 6) is 2.44. The van der Waals surface area contributed by atoms with Gasteiger partial charge < -0.3 is 17.3 Å². The minimum absolute atomic E-state index is 1.08. The molecule has 0 spiro atoms. The number of hydrogen-bond acceptors (Lipinski definition) is 1. The van der Waals surface area contributed by atoms with Gasteiger partial charge in [-0.1, -0.05) is 0 Å². The van der Waals surface area contributed by atoms with Gasteiger partial charge in [0.05, 0.1) is 33.9 Å². The van der Waals surface area contributed by atoms with E-state index >= 15 is 0 Å². The summed E-state index contributed by atoms with van der Waals surface area (Å²) in [6.45, 7) is 0. The maximum atomic E-state index is 9.75. The van der Waals surface area contributed by atoms with Gasteiger partial charge in [-0.05, 0) is 6.26 Å². The van der Waals surface area contributed by atoms with Crippen LogP contribution in [0.1, 0.15) is 0 Å². The Kier molecular flexibility index (Phi) is 8.89. The third-order valence-corrected chi connectivity index (χ3v) is 1.85. The lowest BCUT2D eigenvalue weighted by molar-refractivity contribution is -0.469. The van der Waals surface area contributed by atoms with Crippen LogP contribution >= 0.6 is 11.8 Å². The maximum absolute atomic E-state index is 9.75. The standard InChI is InChI=1S/C7H17N2S.BF4/c1-8(2)7(6-10-5)9(3)4;2-1(3,4)5/h6H2,1-5H3;/q+1;-1. The van der Waals surface area contributed by atoms with Gasteiger partial charge in [-0.2, -0.15) is 11.8 Å². The summed E-state index contributed by atoms with van der Waals surface area (Å²) in [6, 6.07) is 0. The first kappa shape index (κ1) is 17.0. The first-order chi connectivity index (χ1) is 6.59. The number of amidine groups is 1. The Bertz CT molecular complexity index is 196. The minimum Gasteiger partial charge on any atom is -0.418 e. The van der Waals surface area contributed by atoms with E-state index in [1.807, 2.05) is 11.8 Å². The average molecular weight is 248 g/mol. The molecular weight excluding hydrogens is 231 g/mol. The molecule has 0 atom stereocenters. The number of halogens is 4. The number of rotatable bonds is 2. The molecule has 0 radical (unpaired) electrons. The zero-order valence-corrected chi connectivity index (χ0v) is 10.4. The largest absolute Gasteiger partial charge is 0.673 e. The molecule has 0 aliphatic rings. The van der Waals surface area contributed by atoms with Crippen LogP contribution in [0.5, 0.6) is 0 Å². The fourth-order valence-electron chi connectivity index (χ4n) is 0.787. The van der Waals surface area contributed by atoms with Gasteiger partial charge in [-0.25, -0.2) is 0 Å². The summed E-state index contributed by atoms with van der Waals surface area (Å²) >= 11 is 1.85. The normalized spacial score (nSPS) is 10.2. The molecule has 2 nitrogen and oxygen atoms in total. The Balaban J connectivity index is 0. The number of nitrogens with zero attached hydrogens (tertiary/aromatic N) is 2. The molecule has 8 heteroatoms. The molecule has 0 aliphatic carbocycles. The lowest BCUT2D eigenvalue weighted by Gasteiger charge is -2.09. The molecule has 0 saturated heterocycles. The van der Waals surface area contributed by atoms with Crippen molar-refractivity contribution in [3.05, 3.63) is 0 Å². The van der Waals surface area contributed by atoms with Crippen molar-refractivity contribution in [1.29, 1.82) is 0 Å². The van der Waals surface area contributed by atoms with Gasteiger partial charge >= 0.3 is 7.25 Å². The zero-order valence-electron chi connectivity index (χ0n) is 9.60. The van der Waals surface area contributed by atoms with E-state index in [1.54, 1.807) is 0 Å². The second kappa shape index (κ2) is 7.84. The highest BCUT2D eigenvalue weighted by molar-refractivity contribution is 7.99. The second-order valence-corrected chi connectivity index (χ2v) is 4.00. The third-order valence-electron chi connectivity index (χ3n) is 1.31. The predicted molar refractivity (Wildman–Crippen MR) is 59.4 cm³/mol. The van der Waals surface area contributed by atoms with E-state index in [9.17, 15) is 17.3 Å². The minimum atomic E-state index is -6.00. The fraction of sp³-hybridized carbons (Fsp3) is 0.857. The predicted octanol–water partition coefficient (Wildman–Crippen LogP) is 1.88. The highest BCUT2D eigenvalue weighted by Gasteiger charge is 2.20. The van der Waals surface area contributed by atoms with Gasteiger partial charge in [0, 0.05) is 0 Å². The molecule has 0 saturated carbocycles. The van der Waals surface area contributed by atoms with E-state index in [-0.39, 0.29) is 0 Å². The Morgan fingerprint density at radius 1 is 1.20 bits per heavy atom. The van der Waals surface area contributed by atoms with Crippen molar-refractivity contribution < 1.29 is 21.8 Å². The van der Waals surface area contributed by atoms with E-state index < -0.39 is 7.25 Å². The topological polar surface area (TPSA) is 6.25 Å². The molecule has 0 aromatic rings. The fourth-order valence-corrected chi connectivity index (χ4v) is 1.56. The Hall–Kier alpha value is -0.395. The van der Waals surface area contributed by atoms with Crippen LogP contribution in [0, 0.1) is 0 Å². The summed E-state index contributed by atoms with van der Waals surface area (Å²) in [6.07, 6.45) is 2.12. The quantitative estimate of drug-likeness (QED) is 0.242. The average Bonchev–Trinajstić information content (AvgIpc) is 1.95. The van der Waals surface area contributed by atoms with Gasteiger partial charge in [0.25, 0.3) is 5.84 Å². The van der Waals surface area contributed by atoms with E-state index in [4.69, 9.17) is 0 Å². The molecule has 0 rings (SSSR count). The van der Waals surface area contributed by atoms with Crippen LogP contribution in [0.3, 0.4) is 0 Å². The van der Waals surface area contributed by atoms with Gasteiger partial charge in [-0.15, -0.1) is 0 Å². The monoisotopic (exact) mass is 248 g/mol. The lowest BCUT2D eigenvalue weighted by Crippen LogP contribution is -2.31. The van der Waals surface area contributed by atoms with Gasteiger partial charge in [0.1, 0.15) is 0 Å². The molecule has 0 aromatic carbocycles. The highest BCUT2D eigenvalue weighted by Crippen LogP contribution is 2.06. The van der Waals surface area contributed by atoms with Crippen LogP contribution in [0.4, 0.5) is 17.3 Å². The molecule has 0 fully saturated rings. The van der Waals surface area contributed by atoms with E-state index in [0.717, 1.165) is 5.75 Å². The first-order valence-electron chi connectivity index (χ1n) is 4.16. The molecule has 0 bridgehead atoms. The Morgan fingerprint density at radius 2 is 1.53 bits per heavy atom. The van der Waals surface area contributed by atoms with E-state index in [2.05, 4.69) is 43.9 Å². The van der Waals surface area contributed by atoms with Crippen molar-refractivity contribution in [3.63, 3.8) is 0 Å². The van der Waals surface area contributed by atoms with Crippen LogP contribution in [-0.4, -0.2) is 62.8 Å². The molecule has 0 aliphatic heterocycles. The van der Waals surface area contributed by atoms with Crippen LogP contribution in [-0.2, 0) is 0 Å². The summed E-state index contributed by atoms with van der Waals surface area (Å²) in [5, 5.41) is 0. The van der Waals surface area contributed by atoms with Crippen LogP contribution in [0.2, 0.25) is 0 Å². The van der Waals surface area contributed by atoms with Crippen LogP contribution in [0.25, 0.3) is 0 Å². The van der Waals surface area contributed by atoms with Crippen molar-refractivity contribution in [2.75, 3.05) is 40.2 Å². The Labute approximate surface area is 92.4 Å². The van der Waals surface area contributed by atoms with Crippen LogP contribution in [0.15, 0.2) is 0 Å². The maximum Gasteiger partial charge on any atom is 0.673 e. The van der Waals surface area contributed by atoms with Crippen molar-refractivity contribution >= 4 is 24.9 Å². The summed E-state index contributed by atoms with van der Waals surface area (Å²) in [4.78, 5) is 2.15. The molecule has 0 amide bonds. The first-order valence-corrected chi connectivity index (χ1v) is 5.55. The number of thioether (sulfide) groups is 1. The molecule has 15 heavy (non-hydrogen) atoms. The molecule has 0 heterocycles. The molecular formula is C7H17BF4N2S. The zero-order chi connectivity index (χ0) is 12.6. The third kappa shape index (κ3) is 16.3. The summed E-state index contributed by atoms with van der Waals surface area (Å²) in [5.41, 5.74) is 0. The summed E-state index contributed by atoms with van der Waals surface area (Å²) in [7, 11) is 2.30. The SMILES string of the molecule is CSCC(N(C)C)=[N+](C)C.F[B-](F)(F)F. The Morgan fingerprint density at radius 3 is 1.60 bits per heavy atom. The van der Waals surface area contributed by atoms with Crippen molar-refractivity contribution in [3.8, 4) is 0 Å². The molecule has 0 aromatic heterocycles. The van der Waals surface area contributed by atoms with Gasteiger partial charge in [0.15, 0.2) is 0 Å². The summed E-state index contributed by atoms with van der Waals surface area (Å²) < 4.78 is 41.1. The van der Waals surface area contributed by atoms with Gasteiger partial charge in [0.2, 0.25) is 0 Å². The van der Waals surface area contributed by atoms with Gasteiger partial charge in [-0.3, -0.25) is 9.48 Å². The van der Waals surface area contributed by atoms with Crippen molar-refractivity contribution in [1.82, 2.24) is 4.90 Å². The highest BCUT2D eigenvalue weighted by atomic mass is 32.2. The molecule has 0 N–H and O–H groups in total.